The predicted octanol–water partition coefficient (Wildman–Crippen LogP) is 5.50. The molecular weight excluding hydrogens is 449 g/mol. The molecule has 0 aliphatic heterocycles. The molecule has 1 aliphatic carbocycles. The summed E-state index contributed by atoms with van der Waals surface area (Å²) >= 11 is 1.33. The third-order valence-corrected chi connectivity index (χ3v) is 8.23. The number of benzene rings is 2. The van der Waals surface area contributed by atoms with Gasteiger partial charge in [-0.25, -0.2) is 17.8 Å². The smallest absolute Gasteiger partial charge is 0.262 e. The molecule has 0 bridgehead atoms. The summed E-state index contributed by atoms with van der Waals surface area (Å²) in [4.78, 5) is 17.8. The van der Waals surface area contributed by atoms with Gasteiger partial charge >= 0.3 is 0 Å². The van der Waals surface area contributed by atoms with E-state index in [-0.39, 0.29) is 22.4 Å². The van der Waals surface area contributed by atoms with Crippen LogP contribution in [0.3, 0.4) is 0 Å². The topological polar surface area (TPSA) is 88.2 Å². The van der Waals surface area contributed by atoms with Gasteiger partial charge < -0.3 is 5.32 Å². The average Bonchev–Trinajstić information content (AvgIpc) is 3.40. The van der Waals surface area contributed by atoms with Gasteiger partial charge in [-0.05, 0) is 68.1 Å². The summed E-state index contributed by atoms with van der Waals surface area (Å²) in [5, 5.41) is 3.43. The van der Waals surface area contributed by atoms with E-state index in [1.807, 2.05) is 13.0 Å². The summed E-state index contributed by atoms with van der Waals surface area (Å²) in [6.07, 6.45) is 3.96. The van der Waals surface area contributed by atoms with Gasteiger partial charge in [0, 0.05) is 11.6 Å². The van der Waals surface area contributed by atoms with Crippen molar-refractivity contribution in [3.05, 3.63) is 59.5 Å². The Morgan fingerprint density at radius 3 is 2.47 bits per heavy atom. The number of hydrogen-bond donors (Lipinski definition) is 2. The third-order valence-electron chi connectivity index (χ3n) is 5.59. The van der Waals surface area contributed by atoms with E-state index in [1.54, 1.807) is 19.1 Å². The van der Waals surface area contributed by atoms with Crippen molar-refractivity contribution in [3.8, 4) is 10.4 Å². The molecule has 4 rings (SSSR count). The lowest BCUT2D eigenvalue weighted by Gasteiger charge is -2.12. The highest BCUT2D eigenvalue weighted by Crippen LogP contribution is 2.36. The molecule has 32 heavy (non-hydrogen) atoms. The molecule has 1 amide bonds. The molecule has 2 aromatic carbocycles. The second-order valence-electron chi connectivity index (χ2n) is 8.00. The number of thiazole rings is 1. The first-order chi connectivity index (χ1) is 15.2. The lowest BCUT2D eigenvalue weighted by Crippen LogP contribution is -2.20. The van der Waals surface area contributed by atoms with E-state index < -0.39 is 15.8 Å². The number of carbonyl (C=O) groups is 1. The minimum Gasteiger partial charge on any atom is -0.302 e. The molecule has 1 aromatic heterocycles. The van der Waals surface area contributed by atoms with Gasteiger partial charge in [0.2, 0.25) is 5.91 Å². The molecule has 0 atom stereocenters. The normalized spacial score (nSPS) is 14.5. The molecule has 1 aliphatic rings. The largest absolute Gasteiger partial charge is 0.302 e. The summed E-state index contributed by atoms with van der Waals surface area (Å²) in [6, 6.07) is 10.3. The van der Waals surface area contributed by atoms with Gasteiger partial charge in [-0.1, -0.05) is 36.3 Å². The molecule has 6 nitrogen and oxygen atoms in total. The van der Waals surface area contributed by atoms with E-state index in [1.165, 1.54) is 35.6 Å². The highest BCUT2D eigenvalue weighted by molar-refractivity contribution is 7.92. The fourth-order valence-corrected chi connectivity index (χ4v) is 6.17. The molecule has 0 saturated heterocycles. The van der Waals surface area contributed by atoms with E-state index in [2.05, 4.69) is 15.0 Å². The van der Waals surface area contributed by atoms with Crippen LogP contribution in [0.2, 0.25) is 0 Å². The molecule has 1 fully saturated rings. The van der Waals surface area contributed by atoms with Crippen LogP contribution < -0.4 is 10.0 Å². The Hall–Kier alpha value is -2.78. The first kappa shape index (κ1) is 22.4. The number of hydrogen-bond acceptors (Lipinski definition) is 5. The van der Waals surface area contributed by atoms with E-state index in [0.29, 0.717) is 16.3 Å². The first-order valence-corrected chi connectivity index (χ1v) is 12.7. The van der Waals surface area contributed by atoms with Crippen molar-refractivity contribution in [3.63, 3.8) is 0 Å². The lowest BCUT2D eigenvalue weighted by atomic mass is 10.1. The van der Waals surface area contributed by atoms with Crippen molar-refractivity contribution in [2.75, 3.05) is 10.0 Å². The minimum atomic E-state index is -3.88. The summed E-state index contributed by atoms with van der Waals surface area (Å²) in [5.74, 6) is -0.405. The number of halogens is 1. The van der Waals surface area contributed by atoms with Gasteiger partial charge in [0.1, 0.15) is 5.82 Å². The van der Waals surface area contributed by atoms with Crippen LogP contribution >= 0.6 is 11.3 Å². The van der Waals surface area contributed by atoms with Crippen LogP contribution in [-0.4, -0.2) is 19.3 Å². The third kappa shape index (κ3) is 4.83. The van der Waals surface area contributed by atoms with E-state index in [9.17, 15) is 17.6 Å². The van der Waals surface area contributed by atoms with Crippen LogP contribution in [0.15, 0.2) is 47.4 Å². The Bertz CT molecular complexity index is 1250. The lowest BCUT2D eigenvalue weighted by molar-refractivity contribution is -0.119. The van der Waals surface area contributed by atoms with Gasteiger partial charge in [-0.15, -0.1) is 0 Å². The van der Waals surface area contributed by atoms with Crippen LogP contribution in [-0.2, 0) is 14.8 Å². The second kappa shape index (κ2) is 8.99. The van der Waals surface area contributed by atoms with Crippen molar-refractivity contribution in [2.24, 2.45) is 5.92 Å². The number of carbonyl (C=O) groups excluding carboxylic acids is 1. The number of aryl methyl sites for hydroxylation is 2. The molecule has 168 valence electrons. The van der Waals surface area contributed by atoms with Crippen molar-refractivity contribution in [1.82, 2.24) is 4.98 Å². The Labute approximate surface area is 191 Å². The van der Waals surface area contributed by atoms with E-state index >= 15 is 0 Å². The Morgan fingerprint density at radius 2 is 1.78 bits per heavy atom. The quantitative estimate of drug-likeness (QED) is 0.495. The maximum atomic E-state index is 13.1. The van der Waals surface area contributed by atoms with Crippen molar-refractivity contribution < 1.29 is 17.6 Å². The highest BCUT2D eigenvalue weighted by atomic mass is 32.2. The molecule has 1 heterocycles. The Balaban J connectivity index is 1.60. The predicted molar refractivity (Wildman–Crippen MR) is 125 cm³/mol. The van der Waals surface area contributed by atoms with Gasteiger partial charge in [-0.3, -0.25) is 9.52 Å². The molecule has 0 radical (unpaired) electrons. The van der Waals surface area contributed by atoms with Gasteiger partial charge in [-0.2, -0.15) is 0 Å². The number of nitrogens with one attached hydrogen (secondary N) is 2. The standard InChI is InChI=1S/C23H24FN3O3S2/c1-14-7-8-17(13-20(14)32(29,30)27-19-11-9-18(24)10-12-19)21-15(2)25-23(31-21)26-22(28)16-5-3-4-6-16/h7-13,16,27H,3-6H2,1-2H3,(H,25,26,28). The number of aromatic nitrogens is 1. The zero-order valence-electron chi connectivity index (χ0n) is 17.8. The minimum absolute atomic E-state index is 0.00142. The monoisotopic (exact) mass is 473 g/mol. The molecule has 0 unspecified atom stereocenters. The molecule has 2 N–H and O–H groups in total. The number of nitrogens with zero attached hydrogens (tertiary/aromatic N) is 1. The Kier molecular flexibility index (Phi) is 6.30. The maximum Gasteiger partial charge on any atom is 0.262 e. The van der Waals surface area contributed by atoms with Crippen LogP contribution in [0.1, 0.15) is 36.9 Å². The summed E-state index contributed by atoms with van der Waals surface area (Å²) in [5.41, 5.74) is 2.28. The molecule has 0 spiro atoms. The summed E-state index contributed by atoms with van der Waals surface area (Å²) in [6.45, 7) is 3.55. The van der Waals surface area contributed by atoms with Crippen LogP contribution in [0.5, 0.6) is 0 Å². The maximum absolute atomic E-state index is 13.1. The zero-order valence-corrected chi connectivity index (χ0v) is 19.4. The summed E-state index contributed by atoms with van der Waals surface area (Å²) in [7, 11) is -3.88. The van der Waals surface area contributed by atoms with Crippen LogP contribution in [0, 0.1) is 25.6 Å². The molecule has 3 aromatic rings. The van der Waals surface area contributed by atoms with Crippen molar-refractivity contribution in [1.29, 1.82) is 0 Å². The summed E-state index contributed by atoms with van der Waals surface area (Å²) < 4.78 is 41.6. The number of sulfonamides is 1. The Morgan fingerprint density at radius 1 is 1.09 bits per heavy atom. The van der Waals surface area contributed by atoms with E-state index in [4.69, 9.17) is 0 Å². The van der Waals surface area contributed by atoms with Gasteiger partial charge in [0.15, 0.2) is 5.13 Å². The molecule has 9 heteroatoms. The fourth-order valence-electron chi connectivity index (χ4n) is 3.87. The van der Waals surface area contributed by atoms with Gasteiger partial charge in [0.05, 0.1) is 15.5 Å². The molecule has 1 saturated carbocycles. The zero-order chi connectivity index (χ0) is 22.9. The number of rotatable bonds is 6. The SMILES string of the molecule is Cc1ccc(-c2sc(NC(=O)C3CCCC3)nc2C)cc1S(=O)(=O)Nc1ccc(F)cc1. The second-order valence-corrected chi connectivity index (χ2v) is 10.6. The van der Waals surface area contributed by atoms with Gasteiger partial charge in [0.25, 0.3) is 10.0 Å². The van der Waals surface area contributed by atoms with Crippen LogP contribution in [0.4, 0.5) is 15.2 Å². The van der Waals surface area contributed by atoms with E-state index in [0.717, 1.165) is 36.3 Å². The highest BCUT2D eigenvalue weighted by Gasteiger charge is 2.24. The number of anilines is 2. The van der Waals surface area contributed by atoms with Crippen LogP contribution in [0.25, 0.3) is 10.4 Å². The first-order valence-electron chi connectivity index (χ1n) is 10.4. The van der Waals surface area contributed by atoms with Crippen molar-refractivity contribution in [2.45, 2.75) is 44.4 Å². The average molecular weight is 474 g/mol. The fraction of sp³-hybridized carbons (Fsp3) is 0.304. The number of amides is 1. The molecular formula is C23H24FN3O3S2. The van der Waals surface area contributed by atoms with Crippen molar-refractivity contribution >= 4 is 38.1 Å².